The van der Waals surface area contributed by atoms with Gasteiger partial charge in [-0.05, 0) is 65.4 Å². The molecule has 0 aliphatic rings. The van der Waals surface area contributed by atoms with E-state index in [9.17, 15) is 4.79 Å². The summed E-state index contributed by atoms with van der Waals surface area (Å²) >= 11 is 2.17. The van der Waals surface area contributed by atoms with E-state index in [-0.39, 0.29) is 5.91 Å². The standard InChI is InChI=1S/C16H17IN2O2/c1-2-3-10-21-14-7-4-12(5-8-14)16(20)19-15-9-6-13(17)11-18-15/h4-9,11H,2-3,10H2,1H3,(H,18,19,20). The molecule has 0 saturated carbocycles. The van der Waals surface area contributed by atoms with E-state index in [1.54, 1.807) is 24.4 Å². The van der Waals surface area contributed by atoms with Crippen LogP contribution in [0.5, 0.6) is 5.75 Å². The summed E-state index contributed by atoms with van der Waals surface area (Å²) < 4.78 is 6.59. The van der Waals surface area contributed by atoms with Crippen molar-refractivity contribution >= 4 is 34.3 Å². The molecule has 5 heteroatoms. The lowest BCUT2D eigenvalue weighted by Crippen LogP contribution is -2.12. The fraction of sp³-hybridized carbons (Fsp3) is 0.250. The first-order valence-electron chi connectivity index (χ1n) is 6.85. The number of hydrogen-bond donors (Lipinski definition) is 1. The van der Waals surface area contributed by atoms with Crippen LogP contribution in [0.15, 0.2) is 42.6 Å². The van der Waals surface area contributed by atoms with E-state index >= 15 is 0 Å². The normalized spacial score (nSPS) is 10.2. The summed E-state index contributed by atoms with van der Waals surface area (Å²) in [5.41, 5.74) is 0.582. The number of carbonyl (C=O) groups is 1. The quantitative estimate of drug-likeness (QED) is 0.591. The van der Waals surface area contributed by atoms with Crippen LogP contribution in [0.3, 0.4) is 0 Å². The van der Waals surface area contributed by atoms with Crippen LogP contribution < -0.4 is 10.1 Å². The number of pyridine rings is 1. The number of nitrogens with zero attached hydrogens (tertiary/aromatic N) is 1. The first-order chi connectivity index (χ1) is 10.2. The van der Waals surface area contributed by atoms with Gasteiger partial charge in [-0.1, -0.05) is 13.3 Å². The van der Waals surface area contributed by atoms with Crippen molar-refractivity contribution < 1.29 is 9.53 Å². The average molecular weight is 396 g/mol. The molecule has 0 fully saturated rings. The van der Waals surface area contributed by atoms with Crippen molar-refractivity contribution in [2.45, 2.75) is 19.8 Å². The molecule has 1 heterocycles. The van der Waals surface area contributed by atoms with Gasteiger partial charge < -0.3 is 10.1 Å². The van der Waals surface area contributed by atoms with Gasteiger partial charge in [0.15, 0.2) is 0 Å². The lowest BCUT2D eigenvalue weighted by atomic mass is 10.2. The zero-order chi connectivity index (χ0) is 15.1. The van der Waals surface area contributed by atoms with Gasteiger partial charge in [-0.2, -0.15) is 0 Å². The third-order valence-corrected chi connectivity index (χ3v) is 3.49. The summed E-state index contributed by atoms with van der Waals surface area (Å²) in [6, 6.07) is 10.8. The second-order valence-corrected chi connectivity index (χ2v) is 5.79. The van der Waals surface area contributed by atoms with E-state index < -0.39 is 0 Å². The highest BCUT2D eigenvalue weighted by Gasteiger charge is 2.07. The van der Waals surface area contributed by atoms with Crippen molar-refractivity contribution in [1.29, 1.82) is 0 Å². The van der Waals surface area contributed by atoms with Crippen LogP contribution in [-0.4, -0.2) is 17.5 Å². The molecule has 1 amide bonds. The second-order valence-electron chi connectivity index (χ2n) is 4.54. The van der Waals surface area contributed by atoms with Crippen molar-refractivity contribution in [2.75, 3.05) is 11.9 Å². The topological polar surface area (TPSA) is 51.2 Å². The Hall–Kier alpha value is -1.63. The van der Waals surface area contributed by atoms with Crippen molar-refractivity contribution in [3.05, 3.63) is 51.7 Å². The van der Waals surface area contributed by atoms with Gasteiger partial charge in [0, 0.05) is 15.3 Å². The Bertz CT molecular complexity index is 582. The molecule has 0 atom stereocenters. The summed E-state index contributed by atoms with van der Waals surface area (Å²) in [4.78, 5) is 16.2. The predicted octanol–water partition coefficient (Wildman–Crippen LogP) is 4.12. The van der Waals surface area contributed by atoms with Crippen molar-refractivity contribution in [3.63, 3.8) is 0 Å². The van der Waals surface area contributed by atoms with Gasteiger partial charge in [-0.15, -0.1) is 0 Å². The maximum atomic E-state index is 12.1. The average Bonchev–Trinajstić information content (AvgIpc) is 2.50. The SMILES string of the molecule is CCCCOc1ccc(C(=O)Nc2ccc(I)cn2)cc1. The van der Waals surface area contributed by atoms with Crippen molar-refractivity contribution in [1.82, 2.24) is 4.98 Å². The van der Waals surface area contributed by atoms with Gasteiger partial charge in [-0.3, -0.25) is 4.79 Å². The fourth-order valence-electron chi connectivity index (χ4n) is 1.68. The summed E-state index contributed by atoms with van der Waals surface area (Å²) in [5, 5.41) is 2.76. The predicted molar refractivity (Wildman–Crippen MR) is 91.8 cm³/mol. The number of benzene rings is 1. The van der Waals surface area contributed by atoms with Crippen LogP contribution >= 0.6 is 22.6 Å². The summed E-state index contributed by atoms with van der Waals surface area (Å²) in [7, 11) is 0. The number of anilines is 1. The molecule has 1 N–H and O–H groups in total. The van der Waals surface area contributed by atoms with Crippen molar-refractivity contribution in [3.8, 4) is 5.75 Å². The van der Waals surface area contributed by atoms with Gasteiger partial charge in [-0.25, -0.2) is 4.98 Å². The Morgan fingerprint density at radius 1 is 1.24 bits per heavy atom. The van der Waals surface area contributed by atoms with Gasteiger partial charge in [0.2, 0.25) is 0 Å². The van der Waals surface area contributed by atoms with Gasteiger partial charge in [0.25, 0.3) is 5.91 Å². The van der Waals surface area contributed by atoms with E-state index in [4.69, 9.17) is 4.74 Å². The van der Waals surface area contributed by atoms with Gasteiger partial charge in [0.1, 0.15) is 11.6 Å². The largest absolute Gasteiger partial charge is 0.494 e. The molecule has 0 spiro atoms. The minimum atomic E-state index is -0.177. The highest BCUT2D eigenvalue weighted by Crippen LogP contribution is 2.14. The summed E-state index contributed by atoms with van der Waals surface area (Å²) in [6.45, 7) is 2.82. The Kier molecular flexibility index (Phi) is 5.98. The number of amides is 1. The molecule has 1 aromatic carbocycles. The number of halogens is 1. The number of nitrogens with one attached hydrogen (secondary N) is 1. The Balaban J connectivity index is 1.94. The smallest absolute Gasteiger partial charge is 0.256 e. The molecule has 1 aromatic heterocycles. The Morgan fingerprint density at radius 3 is 2.62 bits per heavy atom. The minimum Gasteiger partial charge on any atom is -0.494 e. The van der Waals surface area contributed by atoms with E-state index in [1.165, 1.54) is 0 Å². The molecule has 4 nitrogen and oxygen atoms in total. The molecule has 0 saturated heterocycles. The maximum absolute atomic E-state index is 12.1. The van der Waals surface area contributed by atoms with E-state index in [0.29, 0.717) is 18.0 Å². The molecule has 110 valence electrons. The van der Waals surface area contributed by atoms with E-state index in [1.807, 2.05) is 18.2 Å². The zero-order valence-electron chi connectivity index (χ0n) is 11.8. The van der Waals surface area contributed by atoms with Crippen LogP contribution in [0.25, 0.3) is 0 Å². The molecule has 0 aliphatic heterocycles. The highest BCUT2D eigenvalue weighted by molar-refractivity contribution is 14.1. The number of carbonyl (C=O) groups excluding carboxylic acids is 1. The van der Waals surface area contributed by atoms with Crippen LogP contribution in [0.1, 0.15) is 30.1 Å². The zero-order valence-corrected chi connectivity index (χ0v) is 14.0. The minimum absolute atomic E-state index is 0.177. The lowest BCUT2D eigenvalue weighted by Gasteiger charge is -2.07. The van der Waals surface area contributed by atoms with Crippen molar-refractivity contribution in [2.24, 2.45) is 0 Å². The third-order valence-electron chi connectivity index (χ3n) is 2.85. The molecule has 0 aliphatic carbocycles. The summed E-state index contributed by atoms with van der Waals surface area (Å²) in [5.74, 6) is 1.15. The molecule has 21 heavy (non-hydrogen) atoms. The van der Waals surface area contributed by atoms with Crippen LogP contribution in [0, 0.1) is 3.57 Å². The fourth-order valence-corrected chi connectivity index (χ4v) is 1.99. The molecule has 2 aromatic rings. The number of hydrogen-bond acceptors (Lipinski definition) is 3. The number of aromatic nitrogens is 1. The molecular formula is C16H17IN2O2. The number of ether oxygens (including phenoxy) is 1. The van der Waals surface area contributed by atoms with Crippen LogP contribution in [0.4, 0.5) is 5.82 Å². The monoisotopic (exact) mass is 396 g/mol. The Labute approximate surface area is 138 Å². The molecule has 2 rings (SSSR count). The molecule has 0 radical (unpaired) electrons. The molecule has 0 unspecified atom stereocenters. The van der Waals surface area contributed by atoms with Crippen LogP contribution in [0.2, 0.25) is 0 Å². The second kappa shape index (κ2) is 7.97. The Morgan fingerprint density at radius 2 is 2.00 bits per heavy atom. The number of rotatable bonds is 6. The number of unbranched alkanes of at least 4 members (excludes halogenated alkanes) is 1. The lowest BCUT2D eigenvalue weighted by molar-refractivity contribution is 0.102. The molecule has 0 bridgehead atoms. The van der Waals surface area contributed by atoms with Crippen LogP contribution in [-0.2, 0) is 0 Å². The third kappa shape index (κ3) is 5.00. The summed E-state index contributed by atoms with van der Waals surface area (Å²) in [6.07, 6.45) is 3.84. The van der Waals surface area contributed by atoms with E-state index in [0.717, 1.165) is 22.2 Å². The first-order valence-corrected chi connectivity index (χ1v) is 7.92. The first kappa shape index (κ1) is 15.8. The van der Waals surface area contributed by atoms with E-state index in [2.05, 4.69) is 39.8 Å². The highest BCUT2D eigenvalue weighted by atomic mass is 127. The maximum Gasteiger partial charge on any atom is 0.256 e. The molecular weight excluding hydrogens is 379 g/mol. The van der Waals surface area contributed by atoms with Gasteiger partial charge in [0.05, 0.1) is 6.61 Å². The van der Waals surface area contributed by atoms with Gasteiger partial charge >= 0.3 is 0 Å².